The molecule has 2 fully saturated rings. The molecule has 2 atom stereocenters. The van der Waals surface area contributed by atoms with Crippen molar-refractivity contribution < 1.29 is 23.8 Å². The molecule has 1 amide bonds. The van der Waals surface area contributed by atoms with Gasteiger partial charge in [0.05, 0.1) is 31.7 Å². The van der Waals surface area contributed by atoms with E-state index >= 15 is 0 Å². The Kier molecular flexibility index (Phi) is 7.97. The van der Waals surface area contributed by atoms with Crippen molar-refractivity contribution in [3.8, 4) is 0 Å². The second-order valence-electron chi connectivity index (χ2n) is 9.02. The number of aliphatic hydroxyl groups excluding tert-OH is 1. The summed E-state index contributed by atoms with van der Waals surface area (Å²) in [4.78, 5) is 17.3. The minimum atomic E-state index is -0.583. The van der Waals surface area contributed by atoms with E-state index in [1.807, 2.05) is 48.2 Å². The molecule has 0 radical (unpaired) electrons. The van der Waals surface area contributed by atoms with Gasteiger partial charge in [-0.05, 0) is 49.9 Å². The zero-order valence-corrected chi connectivity index (χ0v) is 18.8. The summed E-state index contributed by atoms with van der Waals surface area (Å²) in [6.45, 7) is 6.57. The number of furan rings is 1. The number of β-amino-alcohol motifs (C(OH)–C–C–N with tert-alkyl or cyclic N) is 1. The van der Waals surface area contributed by atoms with Crippen molar-refractivity contribution >= 4 is 5.91 Å². The lowest BCUT2D eigenvalue weighted by molar-refractivity contribution is -0.0605. The maximum Gasteiger partial charge on any atom is 0.253 e. The molecule has 2 heterocycles. The first-order valence-electron chi connectivity index (χ1n) is 11.5. The topological polar surface area (TPSA) is 75.4 Å². The first kappa shape index (κ1) is 23.0. The molecule has 1 aromatic carbocycles. The first-order chi connectivity index (χ1) is 15.6. The molecule has 1 N–H and O–H groups in total. The van der Waals surface area contributed by atoms with Crippen LogP contribution in [0.15, 0.2) is 47.1 Å². The van der Waals surface area contributed by atoms with Crippen LogP contribution < -0.4 is 0 Å². The van der Waals surface area contributed by atoms with Crippen LogP contribution in [0.5, 0.6) is 0 Å². The highest BCUT2D eigenvalue weighted by Crippen LogP contribution is 2.30. The molecular weight excluding hydrogens is 408 g/mol. The van der Waals surface area contributed by atoms with Gasteiger partial charge in [0.15, 0.2) is 0 Å². The molecule has 32 heavy (non-hydrogen) atoms. The summed E-state index contributed by atoms with van der Waals surface area (Å²) in [7, 11) is 0. The fourth-order valence-corrected chi connectivity index (χ4v) is 4.07. The van der Waals surface area contributed by atoms with E-state index < -0.39 is 6.10 Å². The Labute approximate surface area is 189 Å². The summed E-state index contributed by atoms with van der Waals surface area (Å²) >= 11 is 0. The minimum Gasteiger partial charge on any atom is -0.467 e. The standard InChI is InChI=1S/C25H34N2O5/c1-19-4-8-21(9-5-19)25(29)27(13-20-6-7-20)16-24-15-26(10-12-32-24)14-22(28)17-30-18-23-3-2-11-31-23/h2-5,8-9,11,20,22,24,28H,6-7,10,12-18H2,1H3/t22-,24-/m0/s1. The van der Waals surface area contributed by atoms with Gasteiger partial charge in [0.1, 0.15) is 12.4 Å². The quantitative estimate of drug-likeness (QED) is 0.577. The van der Waals surface area contributed by atoms with Gasteiger partial charge in [-0.15, -0.1) is 0 Å². The van der Waals surface area contributed by atoms with Crippen LogP contribution in [0.1, 0.15) is 34.5 Å². The first-order valence-corrected chi connectivity index (χ1v) is 11.5. The van der Waals surface area contributed by atoms with Crippen molar-refractivity contribution in [3.63, 3.8) is 0 Å². The van der Waals surface area contributed by atoms with Gasteiger partial charge in [-0.2, -0.15) is 0 Å². The van der Waals surface area contributed by atoms with Gasteiger partial charge in [0.25, 0.3) is 5.91 Å². The Hall–Kier alpha value is -2.19. The van der Waals surface area contributed by atoms with E-state index in [9.17, 15) is 9.90 Å². The van der Waals surface area contributed by atoms with E-state index in [1.165, 1.54) is 12.8 Å². The number of aliphatic hydroxyl groups is 1. The average molecular weight is 443 g/mol. The van der Waals surface area contributed by atoms with Gasteiger partial charge >= 0.3 is 0 Å². The summed E-state index contributed by atoms with van der Waals surface area (Å²) in [5, 5.41) is 10.4. The van der Waals surface area contributed by atoms with Gasteiger partial charge in [0, 0.05) is 38.3 Å². The SMILES string of the molecule is Cc1ccc(C(=O)N(CC2CC2)C[C@@H]2CN(C[C@H](O)COCc3ccco3)CCO2)cc1. The van der Waals surface area contributed by atoms with Crippen LogP contribution >= 0.6 is 0 Å². The summed E-state index contributed by atoms with van der Waals surface area (Å²) in [6, 6.07) is 11.5. The number of rotatable bonds is 11. The second kappa shape index (κ2) is 11.1. The molecule has 1 aliphatic carbocycles. The Morgan fingerprint density at radius 3 is 2.78 bits per heavy atom. The van der Waals surface area contributed by atoms with Crippen LogP contribution in [0.3, 0.4) is 0 Å². The second-order valence-corrected chi connectivity index (χ2v) is 9.02. The number of ether oxygens (including phenoxy) is 2. The predicted octanol–water partition coefficient (Wildman–Crippen LogP) is 2.72. The van der Waals surface area contributed by atoms with E-state index in [2.05, 4.69) is 4.90 Å². The Morgan fingerprint density at radius 2 is 2.06 bits per heavy atom. The Bertz CT molecular complexity index is 835. The highest BCUT2D eigenvalue weighted by molar-refractivity contribution is 5.94. The number of carbonyl (C=O) groups is 1. The Balaban J connectivity index is 1.26. The van der Waals surface area contributed by atoms with Crippen LogP contribution in [0.4, 0.5) is 0 Å². The van der Waals surface area contributed by atoms with Crippen LogP contribution in [0, 0.1) is 12.8 Å². The average Bonchev–Trinajstić information content (AvgIpc) is 3.45. The molecule has 7 nitrogen and oxygen atoms in total. The lowest BCUT2D eigenvalue weighted by atomic mass is 10.1. The number of hydrogen-bond acceptors (Lipinski definition) is 6. The van der Waals surface area contributed by atoms with E-state index in [1.54, 1.807) is 6.26 Å². The molecule has 1 saturated carbocycles. The van der Waals surface area contributed by atoms with Crippen molar-refractivity contribution in [2.24, 2.45) is 5.92 Å². The number of morpholine rings is 1. The molecule has 1 aliphatic heterocycles. The van der Waals surface area contributed by atoms with Gasteiger partial charge in [0.2, 0.25) is 0 Å². The molecule has 174 valence electrons. The van der Waals surface area contributed by atoms with Gasteiger partial charge in [-0.1, -0.05) is 17.7 Å². The summed E-state index contributed by atoms with van der Waals surface area (Å²) < 4.78 is 16.8. The number of amides is 1. The highest BCUT2D eigenvalue weighted by Gasteiger charge is 2.31. The number of nitrogens with zero attached hydrogens (tertiary/aromatic N) is 2. The van der Waals surface area contributed by atoms with Crippen molar-refractivity contribution in [1.29, 1.82) is 0 Å². The molecule has 0 spiro atoms. The van der Waals surface area contributed by atoms with Crippen LogP contribution in [-0.4, -0.2) is 79.0 Å². The zero-order valence-electron chi connectivity index (χ0n) is 18.8. The maximum absolute atomic E-state index is 13.2. The number of carbonyl (C=O) groups excluding carboxylic acids is 1. The third-order valence-electron chi connectivity index (χ3n) is 6.01. The smallest absolute Gasteiger partial charge is 0.253 e. The lowest BCUT2D eigenvalue weighted by Crippen LogP contribution is -2.51. The van der Waals surface area contributed by atoms with Crippen molar-refractivity contribution in [2.45, 2.75) is 38.6 Å². The van der Waals surface area contributed by atoms with Crippen LogP contribution in [0.2, 0.25) is 0 Å². The van der Waals surface area contributed by atoms with E-state index in [0.29, 0.717) is 38.8 Å². The minimum absolute atomic E-state index is 0.0619. The molecule has 0 unspecified atom stereocenters. The largest absolute Gasteiger partial charge is 0.467 e. The van der Waals surface area contributed by atoms with Crippen LogP contribution in [-0.2, 0) is 16.1 Å². The molecule has 2 aliphatic rings. The fraction of sp³-hybridized carbons (Fsp3) is 0.560. The molecule has 2 aromatic rings. The number of hydrogen-bond donors (Lipinski definition) is 1. The molecule has 0 bridgehead atoms. The van der Waals surface area contributed by atoms with E-state index in [-0.39, 0.29) is 18.6 Å². The number of aryl methyl sites for hydroxylation is 1. The normalized spacial score (nSPS) is 20.2. The molecule has 1 saturated heterocycles. The highest BCUT2D eigenvalue weighted by atomic mass is 16.5. The molecular formula is C25H34N2O5. The number of benzene rings is 1. The molecule has 4 rings (SSSR count). The van der Waals surface area contributed by atoms with Gasteiger partial charge < -0.3 is 23.9 Å². The van der Waals surface area contributed by atoms with Crippen LogP contribution in [0.25, 0.3) is 0 Å². The van der Waals surface area contributed by atoms with Crippen molar-refractivity contribution in [2.75, 3.05) is 45.9 Å². The molecule has 7 heteroatoms. The fourth-order valence-electron chi connectivity index (χ4n) is 4.07. The van der Waals surface area contributed by atoms with Gasteiger partial charge in [-0.3, -0.25) is 9.69 Å². The summed E-state index contributed by atoms with van der Waals surface area (Å²) in [5.41, 5.74) is 1.88. The van der Waals surface area contributed by atoms with E-state index in [4.69, 9.17) is 13.9 Å². The monoisotopic (exact) mass is 442 g/mol. The van der Waals surface area contributed by atoms with Crippen molar-refractivity contribution in [1.82, 2.24) is 9.80 Å². The predicted molar refractivity (Wildman–Crippen MR) is 120 cm³/mol. The summed E-state index contributed by atoms with van der Waals surface area (Å²) in [6.07, 6.45) is 3.35. The maximum atomic E-state index is 13.2. The van der Waals surface area contributed by atoms with Gasteiger partial charge in [-0.25, -0.2) is 0 Å². The van der Waals surface area contributed by atoms with E-state index in [0.717, 1.165) is 30.0 Å². The summed E-state index contributed by atoms with van der Waals surface area (Å²) in [5.74, 6) is 1.43. The third-order valence-corrected chi connectivity index (χ3v) is 6.01. The third kappa shape index (κ3) is 6.90. The molecule has 1 aromatic heterocycles. The Morgan fingerprint density at radius 1 is 1.25 bits per heavy atom. The lowest BCUT2D eigenvalue weighted by Gasteiger charge is -2.36. The van der Waals surface area contributed by atoms with Crippen molar-refractivity contribution in [3.05, 3.63) is 59.5 Å². The zero-order chi connectivity index (χ0) is 22.3.